The molecule has 0 radical (unpaired) electrons. The number of hydrogen-bond acceptors (Lipinski definition) is 18. The molecular formula is C78H129NO18. The molecule has 17 unspecified atom stereocenters. The molecule has 19 nitrogen and oxygen atoms in total. The van der Waals surface area contributed by atoms with E-state index in [-0.39, 0.29) is 12.3 Å². The van der Waals surface area contributed by atoms with E-state index in [0.717, 1.165) is 103 Å². The van der Waals surface area contributed by atoms with Gasteiger partial charge in [0.05, 0.1) is 38.6 Å². The van der Waals surface area contributed by atoms with Crippen molar-refractivity contribution in [1.29, 1.82) is 0 Å². The first-order valence-corrected chi connectivity index (χ1v) is 36.9. The van der Waals surface area contributed by atoms with Gasteiger partial charge in [-0.1, -0.05) is 237 Å². The van der Waals surface area contributed by atoms with E-state index in [1.807, 2.05) is 6.08 Å². The van der Waals surface area contributed by atoms with Crippen molar-refractivity contribution >= 4 is 5.91 Å². The fourth-order valence-corrected chi connectivity index (χ4v) is 11.5. The van der Waals surface area contributed by atoms with Gasteiger partial charge < -0.3 is 89.9 Å². The van der Waals surface area contributed by atoms with Crippen LogP contribution in [0.4, 0.5) is 0 Å². The monoisotopic (exact) mass is 1370 g/mol. The largest absolute Gasteiger partial charge is 0.394 e. The molecule has 1 amide bonds. The smallest absolute Gasteiger partial charge is 0.220 e. The quantitative estimate of drug-likeness (QED) is 0.0199. The predicted octanol–water partition coefficient (Wildman–Crippen LogP) is 10.9. The first kappa shape index (κ1) is 87.1. The molecule has 3 fully saturated rings. The number of unbranched alkanes of at least 4 members (excludes halogenated alkanes) is 19. The van der Waals surface area contributed by atoms with Gasteiger partial charge in [-0.3, -0.25) is 4.79 Å². The normalized spacial score (nSPS) is 27.7. The Labute approximate surface area is 581 Å². The van der Waals surface area contributed by atoms with Crippen molar-refractivity contribution < 1.29 is 89.4 Å². The van der Waals surface area contributed by atoms with Gasteiger partial charge in [-0.15, -0.1) is 0 Å². The Morgan fingerprint density at radius 2 is 0.722 bits per heavy atom. The van der Waals surface area contributed by atoms with E-state index in [0.29, 0.717) is 12.8 Å². The maximum atomic E-state index is 13.4. The molecule has 17 atom stereocenters. The van der Waals surface area contributed by atoms with Gasteiger partial charge >= 0.3 is 0 Å². The summed E-state index contributed by atoms with van der Waals surface area (Å²) in [7, 11) is 0. The number of rotatable bonds is 55. The molecule has 3 saturated heterocycles. The highest BCUT2D eigenvalue weighted by atomic mass is 16.8. The van der Waals surface area contributed by atoms with Crippen LogP contribution >= 0.6 is 0 Å². The number of allylic oxidation sites excluding steroid dienone is 21. The SMILES string of the molecule is CC/C=C\C/C=C\C/C=C\C/C=C\C/C=C\C/C=C\C/C=C\C/C=C\CCCCCCC(=O)NC(COC1OC(CO)C(OC2OC(CO)C(OC3OC(CO)C(O)C(O)C3O)C(O)C2O)C(O)C1O)C(O)/C=C/CC/C=C/CC/C=C/CCCCCCCCCCCCCCC. The Balaban J connectivity index is 1.45. The lowest BCUT2D eigenvalue weighted by Crippen LogP contribution is -2.66. The van der Waals surface area contributed by atoms with Crippen molar-refractivity contribution in [2.45, 2.75) is 324 Å². The van der Waals surface area contributed by atoms with Crippen LogP contribution < -0.4 is 5.32 Å². The van der Waals surface area contributed by atoms with E-state index in [1.165, 1.54) is 83.5 Å². The minimum Gasteiger partial charge on any atom is -0.394 e. The maximum Gasteiger partial charge on any atom is 0.220 e. The van der Waals surface area contributed by atoms with Crippen LogP contribution in [0.15, 0.2) is 134 Å². The molecule has 97 heavy (non-hydrogen) atoms. The number of ether oxygens (including phenoxy) is 6. The molecule has 0 aromatic heterocycles. The second-order valence-corrected chi connectivity index (χ2v) is 25.6. The van der Waals surface area contributed by atoms with Crippen LogP contribution in [-0.2, 0) is 33.2 Å². The molecule has 0 aromatic rings. The van der Waals surface area contributed by atoms with Gasteiger partial charge in [-0.25, -0.2) is 0 Å². The number of aliphatic hydroxyl groups excluding tert-OH is 11. The van der Waals surface area contributed by atoms with Crippen molar-refractivity contribution in [3.05, 3.63) is 134 Å². The van der Waals surface area contributed by atoms with Crippen LogP contribution in [0, 0.1) is 0 Å². The molecule has 3 heterocycles. The molecule has 19 heteroatoms. The minimum atomic E-state index is -1.99. The van der Waals surface area contributed by atoms with E-state index in [9.17, 15) is 61.0 Å². The summed E-state index contributed by atoms with van der Waals surface area (Å²) in [6.07, 6.45) is 54.2. The highest BCUT2D eigenvalue weighted by Crippen LogP contribution is 2.33. The Hall–Kier alpha value is -4.07. The highest BCUT2D eigenvalue weighted by molar-refractivity contribution is 5.76. The third-order valence-corrected chi connectivity index (χ3v) is 17.4. The molecule has 12 N–H and O–H groups in total. The van der Waals surface area contributed by atoms with Crippen LogP contribution in [0.2, 0.25) is 0 Å². The second kappa shape index (κ2) is 57.5. The van der Waals surface area contributed by atoms with Crippen molar-refractivity contribution in [3.8, 4) is 0 Å². The molecule has 3 rings (SSSR count). The van der Waals surface area contributed by atoms with E-state index in [2.05, 4.69) is 141 Å². The molecule has 0 aromatic carbocycles. The molecule has 3 aliphatic heterocycles. The van der Waals surface area contributed by atoms with Crippen LogP contribution in [0.3, 0.4) is 0 Å². The first-order valence-electron chi connectivity index (χ1n) is 36.9. The number of aliphatic hydroxyl groups is 11. The summed E-state index contributed by atoms with van der Waals surface area (Å²) < 4.78 is 34.3. The lowest BCUT2D eigenvalue weighted by Gasteiger charge is -2.48. The van der Waals surface area contributed by atoms with Gasteiger partial charge in [0, 0.05) is 6.42 Å². The third kappa shape index (κ3) is 38.5. The van der Waals surface area contributed by atoms with E-state index in [4.69, 9.17) is 28.4 Å². The van der Waals surface area contributed by atoms with E-state index in [1.54, 1.807) is 6.08 Å². The topological polar surface area (TPSA) is 307 Å². The average molecular weight is 1370 g/mol. The summed E-state index contributed by atoms with van der Waals surface area (Å²) >= 11 is 0. The van der Waals surface area contributed by atoms with Crippen LogP contribution in [0.1, 0.15) is 219 Å². The molecule has 0 saturated carbocycles. The number of nitrogens with one attached hydrogen (secondary N) is 1. The summed E-state index contributed by atoms with van der Waals surface area (Å²) in [6.45, 7) is 1.56. The Morgan fingerprint density at radius 3 is 1.15 bits per heavy atom. The van der Waals surface area contributed by atoms with E-state index < -0.39 is 131 Å². The first-order chi connectivity index (χ1) is 47.3. The molecule has 0 spiro atoms. The van der Waals surface area contributed by atoms with Gasteiger partial charge in [0.2, 0.25) is 5.91 Å². The number of amides is 1. The lowest BCUT2D eigenvalue weighted by atomic mass is 9.96. The summed E-state index contributed by atoms with van der Waals surface area (Å²) in [5.74, 6) is -0.319. The van der Waals surface area contributed by atoms with Crippen LogP contribution in [0.5, 0.6) is 0 Å². The molecule has 3 aliphatic rings. The van der Waals surface area contributed by atoms with E-state index >= 15 is 0 Å². The minimum absolute atomic E-state index is 0.193. The highest BCUT2D eigenvalue weighted by Gasteiger charge is 2.53. The van der Waals surface area contributed by atoms with Gasteiger partial charge in [0.15, 0.2) is 18.9 Å². The average Bonchev–Trinajstić information content (AvgIpc) is 0.789. The van der Waals surface area contributed by atoms with Crippen LogP contribution in [0.25, 0.3) is 0 Å². The molecule has 554 valence electrons. The molecule has 0 bridgehead atoms. The van der Waals surface area contributed by atoms with Gasteiger partial charge in [-0.2, -0.15) is 0 Å². The van der Waals surface area contributed by atoms with Crippen molar-refractivity contribution in [3.63, 3.8) is 0 Å². The predicted molar refractivity (Wildman–Crippen MR) is 383 cm³/mol. The maximum absolute atomic E-state index is 13.4. The van der Waals surface area contributed by atoms with Crippen molar-refractivity contribution in [2.75, 3.05) is 26.4 Å². The fraction of sp³-hybridized carbons (Fsp3) is 0.705. The van der Waals surface area contributed by atoms with Gasteiger partial charge in [0.25, 0.3) is 0 Å². The number of hydrogen-bond donors (Lipinski definition) is 12. The Bertz CT molecular complexity index is 2280. The standard InChI is InChI=1S/C78H129NO18/c1-3-5-7-9-11-13-15-17-19-21-23-25-27-28-29-30-31-32-34-36-38-40-42-44-46-48-50-52-54-56-66(84)79-61(62(83)55-53-51-49-47-45-43-41-39-37-35-33-26-24-22-20-18-16-14-12-10-8-6-4-2)60-92-76-72(90)69(87)74(64(58-81)94-76)97-78-73(91)70(88)75(65(59-82)95-78)96-77-71(89)68(86)67(85)63(57-80)93-77/h5,7,11,13,17,19,23,25,28-29,31-32,36-39,42,44-45,47,53,55,61-65,67-78,80-83,85-91H,3-4,6,8-10,12,14-16,18,20-22,24,26-27,30,33-35,40-41,43,46,48-52,54,56-60H2,1-2H3,(H,79,84)/b7-5-,13-11-,19-17-,25-23-,29-28-,32-31-,38-36-,39-37+,44-42-,47-45+,55-53+. The molecular weight excluding hydrogens is 1240 g/mol. The second-order valence-electron chi connectivity index (χ2n) is 25.6. The van der Waals surface area contributed by atoms with Crippen LogP contribution in [-0.4, -0.2) is 193 Å². The lowest BCUT2D eigenvalue weighted by molar-refractivity contribution is -0.379. The Kier molecular flexibility index (Phi) is 51.7. The molecule has 0 aliphatic carbocycles. The Morgan fingerprint density at radius 1 is 0.381 bits per heavy atom. The summed E-state index contributed by atoms with van der Waals surface area (Å²) in [6, 6.07) is -1.02. The van der Waals surface area contributed by atoms with Gasteiger partial charge in [0.1, 0.15) is 73.2 Å². The summed E-state index contributed by atoms with van der Waals surface area (Å²) in [4.78, 5) is 13.4. The summed E-state index contributed by atoms with van der Waals surface area (Å²) in [5, 5.41) is 121. The zero-order valence-corrected chi connectivity index (χ0v) is 58.7. The van der Waals surface area contributed by atoms with Gasteiger partial charge in [-0.05, 0) is 109 Å². The number of carbonyl (C=O) groups is 1. The number of carbonyl (C=O) groups excluding carboxylic acids is 1. The zero-order valence-electron chi connectivity index (χ0n) is 58.7. The fourth-order valence-electron chi connectivity index (χ4n) is 11.5. The zero-order chi connectivity index (χ0) is 70.4. The third-order valence-electron chi connectivity index (χ3n) is 17.4. The summed E-state index contributed by atoms with van der Waals surface area (Å²) in [5.41, 5.74) is 0. The van der Waals surface area contributed by atoms with Crippen molar-refractivity contribution in [1.82, 2.24) is 5.32 Å². The van der Waals surface area contributed by atoms with Crippen molar-refractivity contribution in [2.24, 2.45) is 0 Å².